The minimum Gasteiger partial charge on any atom is -0.481 e. The fourth-order valence-corrected chi connectivity index (χ4v) is 2.66. The zero-order valence-corrected chi connectivity index (χ0v) is 12.1. The zero-order chi connectivity index (χ0) is 15.0. The minimum absolute atomic E-state index is 0.247. The van der Waals surface area contributed by atoms with E-state index < -0.39 is 11.9 Å². The van der Waals surface area contributed by atoms with Crippen LogP contribution in [0.3, 0.4) is 0 Å². The van der Waals surface area contributed by atoms with Gasteiger partial charge in [-0.3, -0.25) is 4.79 Å². The van der Waals surface area contributed by atoms with Crippen molar-refractivity contribution in [1.29, 1.82) is 0 Å². The molecule has 20 heavy (non-hydrogen) atoms. The molecule has 1 aliphatic carbocycles. The number of carbonyl (C=O) groups is 2. The number of amides is 2. The van der Waals surface area contributed by atoms with Crippen molar-refractivity contribution in [2.24, 2.45) is 5.92 Å². The highest BCUT2D eigenvalue weighted by molar-refractivity contribution is 5.77. The molecule has 0 spiro atoms. The van der Waals surface area contributed by atoms with Gasteiger partial charge < -0.3 is 15.3 Å². The van der Waals surface area contributed by atoms with Crippen LogP contribution in [0.15, 0.2) is 0 Å². The number of terminal acetylenes is 1. The van der Waals surface area contributed by atoms with Crippen molar-refractivity contribution in [2.45, 2.75) is 51.5 Å². The lowest BCUT2D eigenvalue weighted by atomic mass is 9.95. The molecule has 0 aromatic carbocycles. The molecule has 1 saturated carbocycles. The summed E-state index contributed by atoms with van der Waals surface area (Å²) in [5, 5.41) is 12.2. The first-order valence-corrected chi connectivity index (χ1v) is 7.31. The molecule has 0 radical (unpaired) electrons. The van der Waals surface area contributed by atoms with Crippen LogP contribution in [0, 0.1) is 18.3 Å². The molecule has 0 aromatic rings. The number of aliphatic carboxylic acids is 1. The molecular weight excluding hydrogens is 256 g/mol. The highest BCUT2D eigenvalue weighted by Crippen LogP contribution is 2.24. The maximum Gasteiger partial charge on any atom is 0.318 e. The molecular formula is C15H24N2O3. The summed E-state index contributed by atoms with van der Waals surface area (Å²) in [7, 11) is 0. The number of rotatable bonds is 5. The fourth-order valence-electron chi connectivity index (χ4n) is 2.66. The van der Waals surface area contributed by atoms with Gasteiger partial charge in [0.1, 0.15) is 0 Å². The van der Waals surface area contributed by atoms with Gasteiger partial charge in [0, 0.05) is 12.6 Å². The summed E-state index contributed by atoms with van der Waals surface area (Å²) in [5.74, 6) is 1.15. The third-order valence-corrected chi connectivity index (χ3v) is 3.70. The van der Waals surface area contributed by atoms with Crippen LogP contribution in [0.2, 0.25) is 0 Å². The van der Waals surface area contributed by atoms with E-state index in [1.165, 1.54) is 0 Å². The molecule has 5 heteroatoms. The van der Waals surface area contributed by atoms with Gasteiger partial charge in [-0.2, -0.15) is 0 Å². The van der Waals surface area contributed by atoms with Crippen LogP contribution in [-0.4, -0.2) is 41.1 Å². The van der Waals surface area contributed by atoms with Gasteiger partial charge in [-0.25, -0.2) is 4.79 Å². The van der Waals surface area contributed by atoms with E-state index in [0.29, 0.717) is 13.0 Å². The first-order chi connectivity index (χ1) is 9.60. The van der Waals surface area contributed by atoms with Gasteiger partial charge in [0.2, 0.25) is 0 Å². The maximum atomic E-state index is 12.2. The number of carboxylic acid groups (broad SMARTS) is 1. The highest BCUT2D eigenvalue weighted by Gasteiger charge is 2.31. The number of carboxylic acids is 1. The van der Waals surface area contributed by atoms with Gasteiger partial charge in [-0.15, -0.1) is 6.42 Å². The summed E-state index contributed by atoms with van der Waals surface area (Å²) in [5.41, 5.74) is 0. The number of carbonyl (C=O) groups excluding carboxylic acids is 1. The average Bonchev–Trinajstić information content (AvgIpc) is 2.64. The molecule has 5 nitrogen and oxygen atoms in total. The molecule has 2 atom stereocenters. The van der Waals surface area contributed by atoms with Crippen LogP contribution in [0.5, 0.6) is 0 Å². The Morgan fingerprint density at radius 3 is 2.65 bits per heavy atom. The molecule has 0 saturated heterocycles. The van der Waals surface area contributed by atoms with Gasteiger partial charge in [0.25, 0.3) is 0 Å². The van der Waals surface area contributed by atoms with E-state index in [1.54, 1.807) is 4.90 Å². The summed E-state index contributed by atoms with van der Waals surface area (Å²) in [4.78, 5) is 25.1. The maximum absolute atomic E-state index is 12.2. The molecule has 112 valence electrons. The Morgan fingerprint density at radius 2 is 2.05 bits per heavy atom. The van der Waals surface area contributed by atoms with E-state index in [9.17, 15) is 14.7 Å². The summed E-state index contributed by atoms with van der Waals surface area (Å²) in [6.45, 7) is 2.81. The van der Waals surface area contributed by atoms with E-state index in [-0.39, 0.29) is 18.6 Å². The largest absolute Gasteiger partial charge is 0.481 e. The molecule has 0 heterocycles. The van der Waals surface area contributed by atoms with Crippen LogP contribution in [0.25, 0.3) is 0 Å². The van der Waals surface area contributed by atoms with Crippen molar-refractivity contribution >= 4 is 12.0 Å². The number of urea groups is 1. The lowest BCUT2D eigenvalue weighted by Crippen LogP contribution is -2.49. The van der Waals surface area contributed by atoms with Crippen LogP contribution in [0.4, 0.5) is 4.79 Å². The molecule has 0 aliphatic heterocycles. The lowest BCUT2D eigenvalue weighted by Gasteiger charge is -2.27. The van der Waals surface area contributed by atoms with Crippen molar-refractivity contribution < 1.29 is 14.7 Å². The van der Waals surface area contributed by atoms with E-state index in [4.69, 9.17) is 6.42 Å². The Balaban J connectivity index is 2.68. The summed E-state index contributed by atoms with van der Waals surface area (Å²) >= 11 is 0. The molecule has 1 aliphatic rings. The highest BCUT2D eigenvalue weighted by atomic mass is 16.4. The predicted octanol–water partition coefficient (Wildman–Crippen LogP) is 2.07. The zero-order valence-electron chi connectivity index (χ0n) is 12.1. The van der Waals surface area contributed by atoms with Gasteiger partial charge in [0.15, 0.2) is 0 Å². The topological polar surface area (TPSA) is 69.6 Å². The van der Waals surface area contributed by atoms with E-state index in [0.717, 1.165) is 32.1 Å². The van der Waals surface area contributed by atoms with Gasteiger partial charge in [-0.05, 0) is 19.3 Å². The summed E-state index contributed by atoms with van der Waals surface area (Å²) in [6, 6.07) is -0.539. The molecule has 2 N–H and O–H groups in total. The first kappa shape index (κ1) is 16.4. The van der Waals surface area contributed by atoms with E-state index in [2.05, 4.69) is 11.2 Å². The predicted molar refractivity (Wildman–Crippen MR) is 77.2 cm³/mol. The molecule has 2 amide bonds. The van der Waals surface area contributed by atoms with Crippen molar-refractivity contribution in [3.05, 3.63) is 0 Å². The van der Waals surface area contributed by atoms with Gasteiger partial charge >= 0.3 is 12.0 Å². The molecule has 0 bridgehead atoms. The number of nitrogens with zero attached hydrogens (tertiary/aromatic N) is 1. The number of nitrogens with one attached hydrogen (secondary N) is 1. The molecule has 1 rings (SSSR count). The van der Waals surface area contributed by atoms with Crippen LogP contribution >= 0.6 is 0 Å². The SMILES string of the molecule is C#CCN(CCC)C(=O)NC1CCCCCC1C(=O)O. The Hall–Kier alpha value is -1.70. The van der Waals surface area contributed by atoms with Crippen LogP contribution in [-0.2, 0) is 4.79 Å². The van der Waals surface area contributed by atoms with E-state index in [1.807, 2.05) is 6.92 Å². The van der Waals surface area contributed by atoms with Crippen LogP contribution < -0.4 is 5.32 Å². The number of hydrogen-bond donors (Lipinski definition) is 2. The second-order valence-corrected chi connectivity index (χ2v) is 5.26. The second-order valence-electron chi connectivity index (χ2n) is 5.26. The first-order valence-electron chi connectivity index (χ1n) is 7.31. The average molecular weight is 280 g/mol. The quantitative estimate of drug-likeness (QED) is 0.598. The van der Waals surface area contributed by atoms with Gasteiger partial charge in [-0.1, -0.05) is 32.1 Å². The fraction of sp³-hybridized carbons (Fsp3) is 0.733. The summed E-state index contributed by atoms with van der Waals surface area (Å²) < 4.78 is 0. The van der Waals surface area contributed by atoms with Crippen molar-refractivity contribution in [3.8, 4) is 12.3 Å². The monoisotopic (exact) mass is 280 g/mol. The van der Waals surface area contributed by atoms with Crippen molar-refractivity contribution in [3.63, 3.8) is 0 Å². The standard InChI is InChI=1S/C15H24N2O3/c1-3-10-17(11-4-2)15(20)16-13-9-7-5-6-8-12(13)14(18)19/h1,12-13H,4-11H2,2H3,(H,16,20)(H,18,19). The number of hydrogen-bond acceptors (Lipinski definition) is 2. The van der Waals surface area contributed by atoms with Crippen molar-refractivity contribution in [1.82, 2.24) is 10.2 Å². The molecule has 0 aromatic heterocycles. The molecule has 1 fully saturated rings. The Morgan fingerprint density at radius 1 is 1.35 bits per heavy atom. The smallest absolute Gasteiger partial charge is 0.318 e. The Bertz CT molecular complexity index is 376. The Kier molecular flexibility index (Phi) is 6.92. The van der Waals surface area contributed by atoms with Crippen molar-refractivity contribution in [2.75, 3.05) is 13.1 Å². The van der Waals surface area contributed by atoms with Crippen LogP contribution in [0.1, 0.15) is 45.4 Å². The van der Waals surface area contributed by atoms with E-state index >= 15 is 0 Å². The third kappa shape index (κ3) is 4.76. The second kappa shape index (κ2) is 8.47. The Labute approximate surface area is 120 Å². The lowest BCUT2D eigenvalue weighted by molar-refractivity contribution is -0.142. The molecule has 2 unspecified atom stereocenters. The minimum atomic E-state index is -0.823. The summed E-state index contributed by atoms with van der Waals surface area (Å²) in [6.07, 6.45) is 10.3. The van der Waals surface area contributed by atoms with Gasteiger partial charge in [0.05, 0.1) is 12.5 Å². The third-order valence-electron chi connectivity index (χ3n) is 3.70. The normalized spacial score (nSPS) is 22.4.